The summed E-state index contributed by atoms with van der Waals surface area (Å²) < 4.78 is 0. The molecule has 0 aliphatic heterocycles. The number of anilines is 2. The highest BCUT2D eigenvalue weighted by Gasteiger charge is 2.11. The number of aromatic nitrogens is 3. The number of halogens is 1. The molecule has 1 aromatic rings. The Morgan fingerprint density at radius 2 is 1.80 bits per heavy atom. The molecule has 6 nitrogen and oxygen atoms in total. The normalized spacial score (nSPS) is 12.6. The van der Waals surface area contributed by atoms with Crippen LogP contribution < -0.4 is 10.2 Å². The van der Waals surface area contributed by atoms with Gasteiger partial charge in [0.05, 0.1) is 0 Å². The second kappa shape index (κ2) is 8.21. The van der Waals surface area contributed by atoms with E-state index in [1.807, 2.05) is 4.90 Å². The van der Waals surface area contributed by atoms with Gasteiger partial charge in [-0.1, -0.05) is 0 Å². The first-order valence-electron chi connectivity index (χ1n) is 7.04. The van der Waals surface area contributed by atoms with Gasteiger partial charge >= 0.3 is 0 Å². The van der Waals surface area contributed by atoms with Crippen LogP contribution in [0, 0.1) is 0 Å². The van der Waals surface area contributed by atoms with E-state index in [0.717, 1.165) is 26.1 Å². The van der Waals surface area contributed by atoms with Crippen molar-refractivity contribution in [2.75, 3.05) is 43.9 Å². The molecule has 0 aromatic carbocycles. The lowest BCUT2D eigenvalue weighted by Crippen LogP contribution is -2.27. The first-order valence-corrected chi connectivity index (χ1v) is 7.41. The Labute approximate surface area is 126 Å². The van der Waals surface area contributed by atoms with Crippen molar-refractivity contribution in [2.24, 2.45) is 0 Å². The van der Waals surface area contributed by atoms with Crippen LogP contribution in [0.4, 0.5) is 11.9 Å². The van der Waals surface area contributed by atoms with Gasteiger partial charge in [0.25, 0.3) is 0 Å². The van der Waals surface area contributed by atoms with Crippen molar-refractivity contribution >= 4 is 23.5 Å². The molecule has 0 saturated heterocycles. The molecule has 1 unspecified atom stereocenters. The van der Waals surface area contributed by atoms with Crippen LogP contribution in [0.5, 0.6) is 0 Å². The first kappa shape index (κ1) is 16.9. The van der Waals surface area contributed by atoms with E-state index in [1.54, 1.807) is 0 Å². The van der Waals surface area contributed by atoms with Gasteiger partial charge in [0.2, 0.25) is 17.2 Å². The third kappa shape index (κ3) is 5.46. The Morgan fingerprint density at radius 3 is 2.35 bits per heavy atom. The molecule has 0 aliphatic rings. The van der Waals surface area contributed by atoms with Crippen molar-refractivity contribution in [1.82, 2.24) is 19.9 Å². The first-order chi connectivity index (χ1) is 9.46. The van der Waals surface area contributed by atoms with E-state index in [1.165, 1.54) is 0 Å². The van der Waals surface area contributed by atoms with Crippen LogP contribution >= 0.6 is 11.6 Å². The zero-order chi connectivity index (χ0) is 15.1. The lowest BCUT2D eigenvalue weighted by atomic mass is 10.2. The predicted octanol–water partition coefficient (Wildman–Crippen LogP) is 2.12. The van der Waals surface area contributed by atoms with Gasteiger partial charge in [-0.25, -0.2) is 0 Å². The molecule has 7 heteroatoms. The Bertz CT molecular complexity index is 408. The summed E-state index contributed by atoms with van der Waals surface area (Å²) in [5.74, 6) is 1.16. The summed E-state index contributed by atoms with van der Waals surface area (Å²) >= 11 is 5.98. The quantitative estimate of drug-likeness (QED) is 0.794. The van der Waals surface area contributed by atoms with E-state index in [2.05, 4.69) is 60.0 Å². The molecule has 1 heterocycles. The fourth-order valence-electron chi connectivity index (χ4n) is 1.80. The Morgan fingerprint density at radius 1 is 1.15 bits per heavy atom. The van der Waals surface area contributed by atoms with Gasteiger partial charge in [-0.3, -0.25) is 0 Å². The molecule has 0 aliphatic carbocycles. The molecular formula is C13H25ClN6. The van der Waals surface area contributed by atoms with Crippen LogP contribution in [0.2, 0.25) is 5.28 Å². The Kier molecular flexibility index (Phi) is 6.95. The summed E-state index contributed by atoms with van der Waals surface area (Å²) in [6, 6.07) is 0.278. The van der Waals surface area contributed by atoms with Crippen molar-refractivity contribution < 1.29 is 0 Å². The third-order valence-electron chi connectivity index (χ3n) is 3.03. The molecule has 0 radical (unpaired) electrons. The highest BCUT2D eigenvalue weighted by molar-refractivity contribution is 6.28. The average molecular weight is 301 g/mol. The van der Waals surface area contributed by atoms with Crippen LogP contribution in [-0.4, -0.2) is 59.6 Å². The second-order valence-corrected chi connectivity index (χ2v) is 5.38. The smallest absolute Gasteiger partial charge is 0.231 e. The molecule has 1 aromatic heterocycles. The van der Waals surface area contributed by atoms with Crippen LogP contribution in [0.25, 0.3) is 0 Å². The summed E-state index contributed by atoms with van der Waals surface area (Å²) in [4.78, 5) is 17.0. The van der Waals surface area contributed by atoms with Gasteiger partial charge in [0.1, 0.15) is 0 Å². The van der Waals surface area contributed by atoms with Gasteiger partial charge in [-0.2, -0.15) is 15.0 Å². The van der Waals surface area contributed by atoms with Gasteiger partial charge in [-0.05, 0) is 59.4 Å². The van der Waals surface area contributed by atoms with E-state index in [9.17, 15) is 0 Å². The van der Waals surface area contributed by atoms with Crippen molar-refractivity contribution in [1.29, 1.82) is 0 Å². The van der Waals surface area contributed by atoms with Gasteiger partial charge in [0, 0.05) is 19.1 Å². The molecule has 1 rings (SSSR count). The van der Waals surface area contributed by atoms with E-state index >= 15 is 0 Å². The van der Waals surface area contributed by atoms with Crippen molar-refractivity contribution in [3.05, 3.63) is 5.28 Å². The Hall–Kier alpha value is -1.14. The zero-order valence-corrected chi connectivity index (χ0v) is 13.8. The number of nitrogens with one attached hydrogen (secondary N) is 1. The number of nitrogens with zero attached hydrogens (tertiary/aromatic N) is 5. The summed E-state index contributed by atoms with van der Waals surface area (Å²) in [7, 11) is 4.12. The topological polar surface area (TPSA) is 57.2 Å². The minimum absolute atomic E-state index is 0.226. The lowest BCUT2D eigenvalue weighted by molar-refractivity contribution is 0.390. The monoisotopic (exact) mass is 300 g/mol. The third-order valence-corrected chi connectivity index (χ3v) is 3.20. The predicted molar refractivity (Wildman–Crippen MR) is 84.7 cm³/mol. The number of rotatable bonds is 8. The maximum absolute atomic E-state index is 5.98. The molecule has 0 bridgehead atoms. The van der Waals surface area contributed by atoms with Gasteiger partial charge in [0.15, 0.2) is 0 Å². The lowest BCUT2D eigenvalue weighted by Gasteiger charge is -2.20. The summed E-state index contributed by atoms with van der Waals surface area (Å²) in [5, 5.41) is 3.51. The van der Waals surface area contributed by atoms with Crippen LogP contribution in [0.3, 0.4) is 0 Å². The molecule has 114 valence electrons. The molecule has 1 atom stereocenters. The minimum atomic E-state index is 0.226. The summed E-state index contributed by atoms with van der Waals surface area (Å²) in [6.07, 6.45) is 1.01. The van der Waals surface area contributed by atoms with Crippen molar-refractivity contribution in [2.45, 2.75) is 33.2 Å². The van der Waals surface area contributed by atoms with Crippen molar-refractivity contribution in [3.8, 4) is 0 Å². The Balaban J connectivity index is 2.75. The average Bonchev–Trinajstić information content (AvgIpc) is 2.37. The fraction of sp³-hybridized carbons (Fsp3) is 0.769. The minimum Gasteiger partial charge on any atom is -0.352 e. The van der Waals surface area contributed by atoms with E-state index in [4.69, 9.17) is 11.6 Å². The molecule has 0 amide bonds. The van der Waals surface area contributed by atoms with Crippen LogP contribution in [-0.2, 0) is 0 Å². The summed E-state index contributed by atoms with van der Waals surface area (Å²) in [5.41, 5.74) is 0. The zero-order valence-electron chi connectivity index (χ0n) is 13.0. The maximum Gasteiger partial charge on any atom is 0.231 e. The van der Waals surface area contributed by atoms with E-state index in [0.29, 0.717) is 11.9 Å². The molecule has 0 fully saturated rings. The van der Waals surface area contributed by atoms with Crippen LogP contribution in [0.15, 0.2) is 0 Å². The second-order valence-electron chi connectivity index (χ2n) is 5.04. The van der Waals surface area contributed by atoms with Gasteiger partial charge in [-0.15, -0.1) is 0 Å². The largest absolute Gasteiger partial charge is 0.352 e. The number of hydrogen-bond acceptors (Lipinski definition) is 6. The van der Waals surface area contributed by atoms with E-state index < -0.39 is 0 Å². The summed E-state index contributed by atoms with van der Waals surface area (Å²) in [6.45, 7) is 8.93. The highest BCUT2D eigenvalue weighted by atomic mass is 35.5. The number of hydrogen-bond donors (Lipinski definition) is 1. The standard InChI is InChI=1S/C13H25ClN6/c1-6-20(7-2)13-17-11(14)16-12(18-13)15-10(3)8-9-19(4)5/h10H,6-9H2,1-5H3,(H,15,16,17,18). The van der Waals surface area contributed by atoms with Crippen LogP contribution in [0.1, 0.15) is 27.2 Å². The molecular weight excluding hydrogens is 276 g/mol. The molecule has 0 saturated carbocycles. The van der Waals surface area contributed by atoms with E-state index in [-0.39, 0.29) is 11.3 Å². The molecule has 1 N–H and O–H groups in total. The van der Waals surface area contributed by atoms with Crippen molar-refractivity contribution in [3.63, 3.8) is 0 Å². The highest BCUT2D eigenvalue weighted by Crippen LogP contribution is 2.14. The molecule has 20 heavy (non-hydrogen) atoms. The van der Waals surface area contributed by atoms with Gasteiger partial charge < -0.3 is 15.1 Å². The molecule has 0 spiro atoms. The SMILES string of the molecule is CCN(CC)c1nc(Cl)nc(NC(C)CCN(C)C)n1. The fourth-order valence-corrected chi connectivity index (χ4v) is 1.95. The maximum atomic E-state index is 5.98.